The van der Waals surface area contributed by atoms with Crippen molar-refractivity contribution in [3.63, 3.8) is 0 Å². The molecular weight excluding hydrogens is 250 g/mol. The highest BCUT2D eigenvalue weighted by Crippen LogP contribution is 2.15. The average Bonchev–Trinajstić information content (AvgIpc) is 2.33. The van der Waals surface area contributed by atoms with Crippen LogP contribution >= 0.6 is 0 Å². The lowest BCUT2D eigenvalue weighted by Gasteiger charge is -2.14. The Bertz CT molecular complexity index is 457. The van der Waals surface area contributed by atoms with E-state index in [1.54, 1.807) is 12.1 Å². The molecule has 0 radical (unpaired) electrons. The van der Waals surface area contributed by atoms with Gasteiger partial charge < -0.3 is 11.1 Å². The van der Waals surface area contributed by atoms with Gasteiger partial charge >= 0.3 is 0 Å². The van der Waals surface area contributed by atoms with E-state index in [2.05, 4.69) is 5.32 Å². The van der Waals surface area contributed by atoms with Crippen LogP contribution in [0.2, 0.25) is 0 Å². The van der Waals surface area contributed by atoms with Crippen LogP contribution in [-0.2, 0) is 10.0 Å². The Labute approximate surface area is 109 Å². The molecule has 0 saturated heterocycles. The first-order valence-electron chi connectivity index (χ1n) is 6.01. The summed E-state index contributed by atoms with van der Waals surface area (Å²) < 4.78 is 22.2. The number of nitrogens with one attached hydrogen (secondary N) is 1. The van der Waals surface area contributed by atoms with Crippen molar-refractivity contribution in [2.24, 2.45) is 10.9 Å². The Hall–Kier alpha value is -0.950. The van der Waals surface area contributed by atoms with E-state index in [1.807, 2.05) is 6.92 Å². The Balaban J connectivity index is 2.57. The number of rotatable bonds is 7. The number of primary sulfonamides is 1. The van der Waals surface area contributed by atoms with Gasteiger partial charge in [-0.1, -0.05) is 12.1 Å². The molecule has 0 aromatic heterocycles. The molecule has 0 spiro atoms. The highest BCUT2D eigenvalue weighted by atomic mass is 32.2. The zero-order chi connectivity index (χ0) is 13.6. The van der Waals surface area contributed by atoms with Crippen molar-refractivity contribution < 1.29 is 8.42 Å². The van der Waals surface area contributed by atoms with E-state index >= 15 is 0 Å². The zero-order valence-corrected chi connectivity index (χ0v) is 11.4. The van der Waals surface area contributed by atoms with Gasteiger partial charge in [0.25, 0.3) is 0 Å². The van der Waals surface area contributed by atoms with Crippen LogP contribution in [0.25, 0.3) is 0 Å². The molecule has 6 heteroatoms. The predicted molar refractivity (Wildman–Crippen MR) is 72.5 cm³/mol. The number of unbranched alkanes of at least 4 members (excludes halogenated alkanes) is 1. The molecule has 0 heterocycles. The summed E-state index contributed by atoms with van der Waals surface area (Å²) in [7, 11) is -3.60. The normalized spacial score (nSPS) is 13.5. The summed E-state index contributed by atoms with van der Waals surface area (Å²) in [4.78, 5) is 0.140. The van der Waals surface area contributed by atoms with E-state index in [0.717, 1.165) is 24.9 Å². The maximum Gasteiger partial charge on any atom is 0.238 e. The van der Waals surface area contributed by atoms with Gasteiger partial charge in [-0.15, -0.1) is 0 Å². The van der Waals surface area contributed by atoms with Gasteiger partial charge in [-0.3, -0.25) is 0 Å². The van der Waals surface area contributed by atoms with Gasteiger partial charge in [0.05, 0.1) is 4.90 Å². The molecule has 1 unspecified atom stereocenters. The quantitative estimate of drug-likeness (QED) is 0.636. The van der Waals surface area contributed by atoms with Crippen molar-refractivity contribution in [1.82, 2.24) is 5.32 Å². The average molecular weight is 271 g/mol. The number of hydrogen-bond donors (Lipinski definition) is 3. The van der Waals surface area contributed by atoms with Crippen LogP contribution in [0.5, 0.6) is 0 Å². The molecule has 5 N–H and O–H groups in total. The lowest BCUT2D eigenvalue weighted by Crippen LogP contribution is -2.20. The van der Waals surface area contributed by atoms with Crippen molar-refractivity contribution >= 4 is 10.0 Å². The molecule has 1 atom stereocenters. The molecule has 0 bridgehead atoms. The molecule has 0 fully saturated rings. The predicted octanol–water partition coefficient (Wildman–Crippen LogP) is 0.724. The van der Waals surface area contributed by atoms with Gasteiger partial charge in [0.15, 0.2) is 0 Å². The monoisotopic (exact) mass is 271 g/mol. The van der Waals surface area contributed by atoms with Gasteiger partial charge in [-0.05, 0) is 50.6 Å². The minimum Gasteiger partial charge on any atom is -0.330 e. The fourth-order valence-electron chi connectivity index (χ4n) is 1.65. The Kier molecular flexibility index (Phi) is 5.74. The van der Waals surface area contributed by atoms with E-state index in [-0.39, 0.29) is 10.9 Å². The molecule has 1 aromatic carbocycles. The molecule has 5 nitrogen and oxygen atoms in total. The maximum absolute atomic E-state index is 11.1. The smallest absolute Gasteiger partial charge is 0.238 e. The molecule has 0 aliphatic heterocycles. The molecule has 0 saturated carbocycles. The second-order valence-electron chi connectivity index (χ2n) is 4.29. The molecule has 102 valence electrons. The number of sulfonamides is 1. The second kappa shape index (κ2) is 6.84. The Morgan fingerprint density at radius 1 is 1.22 bits per heavy atom. The van der Waals surface area contributed by atoms with Crippen LogP contribution in [0, 0.1) is 0 Å². The third kappa shape index (κ3) is 4.73. The minimum atomic E-state index is -3.60. The van der Waals surface area contributed by atoms with Crippen LogP contribution in [-0.4, -0.2) is 21.5 Å². The number of benzene rings is 1. The molecule has 18 heavy (non-hydrogen) atoms. The molecule has 0 amide bonds. The lowest BCUT2D eigenvalue weighted by molar-refractivity contribution is 0.548. The third-order valence-corrected chi connectivity index (χ3v) is 3.72. The van der Waals surface area contributed by atoms with Gasteiger partial charge in [0, 0.05) is 6.04 Å². The van der Waals surface area contributed by atoms with E-state index in [4.69, 9.17) is 10.9 Å². The summed E-state index contributed by atoms with van der Waals surface area (Å²) in [6, 6.07) is 6.80. The maximum atomic E-state index is 11.1. The number of nitrogens with two attached hydrogens (primary N) is 2. The first kappa shape index (κ1) is 15.1. The molecule has 0 aliphatic carbocycles. The Morgan fingerprint density at radius 3 is 2.33 bits per heavy atom. The van der Waals surface area contributed by atoms with E-state index < -0.39 is 10.0 Å². The summed E-state index contributed by atoms with van der Waals surface area (Å²) in [6.07, 6.45) is 2.04. The second-order valence-corrected chi connectivity index (χ2v) is 5.85. The summed E-state index contributed by atoms with van der Waals surface area (Å²) in [5.74, 6) is 0. The van der Waals surface area contributed by atoms with Crippen molar-refractivity contribution in [3.8, 4) is 0 Å². The van der Waals surface area contributed by atoms with Crippen molar-refractivity contribution in [3.05, 3.63) is 29.8 Å². The van der Waals surface area contributed by atoms with Gasteiger partial charge in [-0.2, -0.15) is 0 Å². The summed E-state index contributed by atoms with van der Waals surface area (Å²) in [6.45, 7) is 3.64. The zero-order valence-electron chi connectivity index (χ0n) is 10.6. The van der Waals surface area contributed by atoms with Crippen LogP contribution in [0.15, 0.2) is 29.2 Å². The lowest BCUT2D eigenvalue weighted by atomic mass is 10.1. The first-order valence-corrected chi connectivity index (χ1v) is 7.56. The highest BCUT2D eigenvalue weighted by Gasteiger charge is 2.09. The standard InChI is InChI=1S/C12H21N3O2S/c1-10(15-9-3-2-8-13)11-4-6-12(7-5-11)18(14,16)17/h4-7,10,15H,2-3,8-9,13H2,1H3,(H2,14,16,17). The first-order chi connectivity index (χ1) is 8.45. The van der Waals surface area contributed by atoms with Gasteiger partial charge in [0.1, 0.15) is 0 Å². The minimum absolute atomic E-state index is 0.140. The highest BCUT2D eigenvalue weighted by molar-refractivity contribution is 7.89. The van der Waals surface area contributed by atoms with E-state index in [9.17, 15) is 8.42 Å². The summed E-state index contributed by atoms with van der Waals surface area (Å²) >= 11 is 0. The van der Waals surface area contributed by atoms with E-state index in [0.29, 0.717) is 6.54 Å². The molecule has 1 aromatic rings. The molecular formula is C12H21N3O2S. The van der Waals surface area contributed by atoms with Crippen LogP contribution in [0.3, 0.4) is 0 Å². The Morgan fingerprint density at radius 2 is 1.83 bits per heavy atom. The topological polar surface area (TPSA) is 98.2 Å². The number of hydrogen-bond acceptors (Lipinski definition) is 4. The fourth-order valence-corrected chi connectivity index (χ4v) is 2.17. The SMILES string of the molecule is CC(NCCCCN)c1ccc(S(N)(=O)=O)cc1. The fraction of sp³-hybridized carbons (Fsp3) is 0.500. The van der Waals surface area contributed by atoms with Crippen LogP contribution in [0.4, 0.5) is 0 Å². The molecule has 1 rings (SSSR count). The third-order valence-electron chi connectivity index (χ3n) is 2.79. The van der Waals surface area contributed by atoms with Gasteiger partial charge in [-0.25, -0.2) is 13.6 Å². The van der Waals surface area contributed by atoms with E-state index in [1.165, 1.54) is 12.1 Å². The van der Waals surface area contributed by atoms with Crippen LogP contribution < -0.4 is 16.2 Å². The molecule has 0 aliphatic rings. The summed E-state index contributed by atoms with van der Waals surface area (Å²) in [5, 5.41) is 8.40. The van der Waals surface area contributed by atoms with Gasteiger partial charge in [0.2, 0.25) is 10.0 Å². The van der Waals surface area contributed by atoms with Crippen molar-refractivity contribution in [2.45, 2.75) is 30.7 Å². The largest absolute Gasteiger partial charge is 0.330 e. The van der Waals surface area contributed by atoms with Crippen molar-refractivity contribution in [2.75, 3.05) is 13.1 Å². The van der Waals surface area contributed by atoms with Crippen LogP contribution in [0.1, 0.15) is 31.4 Å². The van der Waals surface area contributed by atoms with Crippen molar-refractivity contribution in [1.29, 1.82) is 0 Å². The summed E-state index contributed by atoms with van der Waals surface area (Å²) in [5.41, 5.74) is 6.45.